The number of hydrogen-bond donors (Lipinski definition) is 1. The van der Waals surface area contributed by atoms with Crippen LogP contribution in [0.1, 0.15) is 39.2 Å². The van der Waals surface area contributed by atoms with Crippen molar-refractivity contribution in [2.45, 2.75) is 40.0 Å². The van der Waals surface area contributed by atoms with Gasteiger partial charge in [0.1, 0.15) is 5.82 Å². The summed E-state index contributed by atoms with van der Waals surface area (Å²) in [5.74, 6) is -0.211. The van der Waals surface area contributed by atoms with E-state index in [2.05, 4.69) is 26.1 Å². The zero-order chi connectivity index (χ0) is 13.6. The molecule has 0 amide bonds. The summed E-state index contributed by atoms with van der Waals surface area (Å²) in [4.78, 5) is 0. The van der Waals surface area contributed by atoms with E-state index in [0.29, 0.717) is 5.02 Å². The van der Waals surface area contributed by atoms with Gasteiger partial charge in [-0.15, -0.1) is 0 Å². The van der Waals surface area contributed by atoms with E-state index >= 15 is 0 Å². The molecule has 18 heavy (non-hydrogen) atoms. The van der Waals surface area contributed by atoms with E-state index in [-0.39, 0.29) is 11.2 Å². The molecule has 0 radical (unpaired) electrons. The Bertz CT molecular complexity index is 381. The van der Waals surface area contributed by atoms with E-state index < -0.39 is 0 Å². The van der Waals surface area contributed by atoms with Crippen molar-refractivity contribution < 1.29 is 4.39 Å². The van der Waals surface area contributed by atoms with Crippen molar-refractivity contribution in [3.8, 4) is 0 Å². The highest BCUT2D eigenvalue weighted by Gasteiger charge is 2.24. The van der Waals surface area contributed by atoms with Gasteiger partial charge >= 0.3 is 0 Å². The van der Waals surface area contributed by atoms with Gasteiger partial charge in [0.25, 0.3) is 0 Å². The Balaban J connectivity index is 2.84. The van der Waals surface area contributed by atoms with Gasteiger partial charge in [-0.05, 0) is 48.6 Å². The first-order chi connectivity index (χ1) is 8.50. The van der Waals surface area contributed by atoms with E-state index in [1.165, 1.54) is 6.07 Å². The summed E-state index contributed by atoms with van der Waals surface area (Å²) in [7, 11) is 0. The molecule has 1 unspecified atom stereocenters. The molecule has 0 aliphatic carbocycles. The topological polar surface area (TPSA) is 12.0 Å². The van der Waals surface area contributed by atoms with Crippen molar-refractivity contribution in [3.63, 3.8) is 0 Å². The van der Waals surface area contributed by atoms with Gasteiger partial charge in [-0.1, -0.05) is 38.8 Å². The van der Waals surface area contributed by atoms with Crippen molar-refractivity contribution >= 4 is 11.6 Å². The zero-order valence-corrected chi connectivity index (χ0v) is 12.3. The van der Waals surface area contributed by atoms with Gasteiger partial charge in [0.2, 0.25) is 0 Å². The van der Waals surface area contributed by atoms with E-state index in [1.807, 2.05) is 0 Å². The van der Waals surface area contributed by atoms with Gasteiger partial charge in [-0.25, -0.2) is 4.39 Å². The molecule has 0 saturated carbocycles. The second-order valence-corrected chi connectivity index (χ2v) is 5.66. The third kappa shape index (κ3) is 4.58. The first-order valence-corrected chi connectivity index (χ1v) is 7.03. The van der Waals surface area contributed by atoms with Gasteiger partial charge in [0.15, 0.2) is 0 Å². The number of benzene rings is 1. The van der Waals surface area contributed by atoms with Gasteiger partial charge in [-0.2, -0.15) is 0 Å². The lowest BCUT2D eigenvalue weighted by atomic mass is 9.79. The molecular weight excluding hydrogens is 249 g/mol. The Labute approximate surface area is 115 Å². The molecule has 0 aliphatic rings. The van der Waals surface area contributed by atoms with Crippen molar-refractivity contribution in [2.24, 2.45) is 5.41 Å². The minimum atomic E-state index is -0.211. The third-order valence-electron chi connectivity index (χ3n) is 3.28. The molecule has 0 fully saturated rings. The van der Waals surface area contributed by atoms with Crippen LogP contribution in [0.3, 0.4) is 0 Å². The SMILES string of the molecule is CCCC(C)(CNCC)Cc1cc(F)ccc1Cl. The Morgan fingerprint density at radius 2 is 2.06 bits per heavy atom. The van der Waals surface area contributed by atoms with Crippen molar-refractivity contribution in [3.05, 3.63) is 34.6 Å². The second kappa shape index (κ2) is 7.10. The quantitative estimate of drug-likeness (QED) is 0.773. The predicted octanol–water partition coefficient (Wildman–Crippen LogP) is 4.44. The Hall–Kier alpha value is -0.600. The monoisotopic (exact) mass is 271 g/mol. The number of nitrogens with one attached hydrogen (secondary N) is 1. The summed E-state index contributed by atoms with van der Waals surface area (Å²) in [5.41, 5.74) is 1.04. The molecule has 1 N–H and O–H groups in total. The fraction of sp³-hybridized carbons (Fsp3) is 0.600. The van der Waals surface area contributed by atoms with E-state index in [9.17, 15) is 4.39 Å². The van der Waals surface area contributed by atoms with Crippen molar-refractivity contribution in [1.82, 2.24) is 5.32 Å². The van der Waals surface area contributed by atoms with Crippen LogP contribution in [-0.4, -0.2) is 13.1 Å². The lowest BCUT2D eigenvalue weighted by Crippen LogP contribution is -2.33. The number of halogens is 2. The van der Waals surface area contributed by atoms with Crippen LogP contribution in [-0.2, 0) is 6.42 Å². The summed E-state index contributed by atoms with van der Waals surface area (Å²) in [6.45, 7) is 8.40. The minimum Gasteiger partial charge on any atom is -0.316 e. The van der Waals surface area contributed by atoms with Crippen LogP contribution in [0.25, 0.3) is 0 Å². The first-order valence-electron chi connectivity index (χ1n) is 6.65. The minimum absolute atomic E-state index is 0.127. The smallest absolute Gasteiger partial charge is 0.123 e. The van der Waals surface area contributed by atoms with Gasteiger partial charge in [-0.3, -0.25) is 0 Å². The Kier molecular flexibility index (Phi) is 6.10. The average Bonchev–Trinajstić information content (AvgIpc) is 2.32. The fourth-order valence-corrected chi connectivity index (χ4v) is 2.59. The lowest BCUT2D eigenvalue weighted by Gasteiger charge is -2.30. The molecule has 3 heteroatoms. The Morgan fingerprint density at radius 3 is 2.67 bits per heavy atom. The molecule has 0 heterocycles. The van der Waals surface area contributed by atoms with E-state index in [0.717, 1.165) is 37.9 Å². The number of hydrogen-bond acceptors (Lipinski definition) is 1. The molecule has 1 aromatic carbocycles. The van der Waals surface area contributed by atoms with Gasteiger partial charge in [0, 0.05) is 11.6 Å². The Morgan fingerprint density at radius 1 is 1.33 bits per heavy atom. The molecule has 0 bridgehead atoms. The second-order valence-electron chi connectivity index (χ2n) is 5.25. The summed E-state index contributed by atoms with van der Waals surface area (Å²) < 4.78 is 13.3. The molecule has 0 saturated heterocycles. The summed E-state index contributed by atoms with van der Waals surface area (Å²) in [6.07, 6.45) is 3.03. The first kappa shape index (κ1) is 15.5. The van der Waals surface area contributed by atoms with Crippen LogP contribution in [0.15, 0.2) is 18.2 Å². The largest absolute Gasteiger partial charge is 0.316 e. The molecule has 1 aromatic rings. The fourth-order valence-electron chi connectivity index (χ4n) is 2.41. The standard InChI is InChI=1S/C15H23ClFN/c1-4-8-15(3,11-18-5-2)10-12-9-13(17)6-7-14(12)16/h6-7,9,18H,4-5,8,10-11H2,1-3H3. The van der Waals surface area contributed by atoms with Crippen LogP contribution in [0.5, 0.6) is 0 Å². The van der Waals surface area contributed by atoms with Crippen molar-refractivity contribution in [2.75, 3.05) is 13.1 Å². The molecule has 1 atom stereocenters. The maximum Gasteiger partial charge on any atom is 0.123 e. The molecule has 1 nitrogen and oxygen atoms in total. The van der Waals surface area contributed by atoms with Crippen LogP contribution in [0.2, 0.25) is 5.02 Å². The van der Waals surface area contributed by atoms with Crippen LogP contribution in [0, 0.1) is 11.2 Å². The lowest BCUT2D eigenvalue weighted by molar-refractivity contribution is 0.277. The maximum atomic E-state index is 13.3. The molecular formula is C15H23ClFN. The summed E-state index contributed by atoms with van der Waals surface area (Å²) in [5, 5.41) is 4.05. The predicted molar refractivity (Wildman–Crippen MR) is 76.7 cm³/mol. The van der Waals surface area contributed by atoms with E-state index in [4.69, 9.17) is 11.6 Å². The number of rotatable bonds is 7. The molecule has 0 aromatic heterocycles. The van der Waals surface area contributed by atoms with Crippen molar-refractivity contribution in [1.29, 1.82) is 0 Å². The summed E-state index contributed by atoms with van der Waals surface area (Å²) >= 11 is 6.15. The molecule has 1 rings (SSSR count). The van der Waals surface area contributed by atoms with Gasteiger partial charge < -0.3 is 5.32 Å². The van der Waals surface area contributed by atoms with E-state index in [1.54, 1.807) is 12.1 Å². The highest BCUT2D eigenvalue weighted by molar-refractivity contribution is 6.31. The third-order valence-corrected chi connectivity index (χ3v) is 3.65. The highest BCUT2D eigenvalue weighted by atomic mass is 35.5. The molecule has 0 spiro atoms. The van der Waals surface area contributed by atoms with Crippen LogP contribution in [0.4, 0.5) is 4.39 Å². The van der Waals surface area contributed by atoms with Crippen LogP contribution < -0.4 is 5.32 Å². The zero-order valence-electron chi connectivity index (χ0n) is 11.5. The maximum absolute atomic E-state index is 13.3. The summed E-state index contributed by atoms with van der Waals surface area (Å²) in [6, 6.07) is 4.61. The normalized spacial score (nSPS) is 14.5. The average molecular weight is 272 g/mol. The molecule has 0 aliphatic heterocycles. The van der Waals surface area contributed by atoms with Crippen LogP contribution >= 0.6 is 11.6 Å². The highest BCUT2D eigenvalue weighted by Crippen LogP contribution is 2.31. The van der Waals surface area contributed by atoms with Gasteiger partial charge in [0.05, 0.1) is 0 Å². The molecule has 102 valence electrons.